The SMILES string of the molecule is Cc1ccc(NC(=O)CN2CCSC2=O)cc1S(=O)(=O)Nc1ccc(Br)cc1. The number of aryl methyl sites for hydroxylation is 1. The smallest absolute Gasteiger partial charge is 0.282 e. The average molecular weight is 484 g/mol. The van der Waals surface area contributed by atoms with Crippen LogP contribution in [0.1, 0.15) is 5.56 Å². The fourth-order valence-electron chi connectivity index (χ4n) is 2.64. The van der Waals surface area contributed by atoms with Crippen LogP contribution in [0.2, 0.25) is 0 Å². The zero-order valence-corrected chi connectivity index (χ0v) is 18.2. The van der Waals surface area contributed by atoms with Gasteiger partial charge in [0.05, 0.1) is 4.90 Å². The van der Waals surface area contributed by atoms with Gasteiger partial charge in [-0.05, 0) is 48.9 Å². The lowest BCUT2D eigenvalue weighted by molar-refractivity contribution is -0.116. The predicted molar refractivity (Wildman–Crippen MR) is 114 cm³/mol. The molecule has 2 aromatic carbocycles. The predicted octanol–water partition coefficient (Wildman–Crippen LogP) is 3.67. The van der Waals surface area contributed by atoms with E-state index in [2.05, 4.69) is 26.0 Å². The quantitative estimate of drug-likeness (QED) is 0.653. The molecule has 0 radical (unpaired) electrons. The molecule has 1 aliphatic heterocycles. The number of halogens is 1. The summed E-state index contributed by atoms with van der Waals surface area (Å²) in [5.74, 6) is 0.296. The number of nitrogens with zero attached hydrogens (tertiary/aromatic N) is 1. The summed E-state index contributed by atoms with van der Waals surface area (Å²) >= 11 is 4.49. The molecule has 1 fully saturated rings. The topological polar surface area (TPSA) is 95.6 Å². The van der Waals surface area contributed by atoms with E-state index in [4.69, 9.17) is 0 Å². The fourth-order valence-corrected chi connectivity index (χ4v) is 5.06. The molecule has 2 amide bonds. The third-order valence-electron chi connectivity index (χ3n) is 4.04. The molecule has 0 unspecified atom stereocenters. The monoisotopic (exact) mass is 483 g/mol. The van der Waals surface area contributed by atoms with E-state index in [1.807, 2.05) is 0 Å². The van der Waals surface area contributed by atoms with E-state index in [9.17, 15) is 18.0 Å². The summed E-state index contributed by atoms with van der Waals surface area (Å²) in [5, 5.41) is 2.54. The van der Waals surface area contributed by atoms with Crippen LogP contribution in [0.4, 0.5) is 16.2 Å². The summed E-state index contributed by atoms with van der Waals surface area (Å²) in [5.41, 5.74) is 1.34. The number of benzene rings is 2. The van der Waals surface area contributed by atoms with E-state index in [-0.39, 0.29) is 22.6 Å². The second-order valence-electron chi connectivity index (χ2n) is 6.18. The number of carbonyl (C=O) groups is 2. The van der Waals surface area contributed by atoms with Crippen LogP contribution in [0.15, 0.2) is 51.8 Å². The van der Waals surface area contributed by atoms with Gasteiger partial charge in [0.2, 0.25) is 5.91 Å². The Morgan fingerprint density at radius 1 is 1.18 bits per heavy atom. The van der Waals surface area contributed by atoms with Crippen molar-refractivity contribution < 1.29 is 18.0 Å². The van der Waals surface area contributed by atoms with Gasteiger partial charge in [-0.15, -0.1) is 0 Å². The van der Waals surface area contributed by atoms with Crippen LogP contribution in [0.25, 0.3) is 0 Å². The van der Waals surface area contributed by atoms with Gasteiger partial charge < -0.3 is 10.2 Å². The summed E-state index contributed by atoms with van der Waals surface area (Å²) in [6, 6.07) is 11.4. The molecular formula is C18H18BrN3O4S2. The minimum Gasteiger partial charge on any atom is -0.325 e. The second-order valence-corrected chi connectivity index (χ2v) is 9.79. The average Bonchev–Trinajstić information content (AvgIpc) is 3.03. The van der Waals surface area contributed by atoms with E-state index in [1.54, 1.807) is 43.3 Å². The number of anilines is 2. The molecule has 0 aliphatic carbocycles. The van der Waals surface area contributed by atoms with Gasteiger partial charge in [-0.1, -0.05) is 33.8 Å². The Morgan fingerprint density at radius 3 is 2.50 bits per heavy atom. The van der Waals surface area contributed by atoms with Gasteiger partial charge in [-0.25, -0.2) is 8.42 Å². The van der Waals surface area contributed by atoms with E-state index >= 15 is 0 Å². The molecule has 1 heterocycles. The molecule has 10 heteroatoms. The number of thioether (sulfide) groups is 1. The second kappa shape index (κ2) is 8.54. The van der Waals surface area contributed by atoms with Crippen molar-refractivity contribution in [3.05, 3.63) is 52.5 Å². The Hall–Kier alpha value is -2.04. The van der Waals surface area contributed by atoms with Gasteiger partial charge in [0, 0.05) is 28.1 Å². The normalized spacial score (nSPS) is 14.2. The van der Waals surface area contributed by atoms with E-state index in [1.165, 1.54) is 22.7 Å². The molecular weight excluding hydrogens is 466 g/mol. The van der Waals surface area contributed by atoms with Gasteiger partial charge in [0.25, 0.3) is 15.3 Å². The third-order valence-corrected chi connectivity index (χ3v) is 6.98. The van der Waals surface area contributed by atoms with Crippen LogP contribution in [-0.2, 0) is 14.8 Å². The van der Waals surface area contributed by atoms with Gasteiger partial charge >= 0.3 is 0 Å². The first kappa shape index (κ1) is 20.7. The number of rotatable bonds is 6. The van der Waals surface area contributed by atoms with Crippen molar-refractivity contribution in [1.29, 1.82) is 0 Å². The third kappa shape index (κ3) is 5.06. The molecule has 0 spiro atoms. The van der Waals surface area contributed by atoms with Crippen LogP contribution in [0.3, 0.4) is 0 Å². The summed E-state index contributed by atoms with van der Waals surface area (Å²) in [6.07, 6.45) is 0. The Labute approximate surface area is 176 Å². The number of amides is 2. The van der Waals surface area contributed by atoms with Crippen molar-refractivity contribution in [3.8, 4) is 0 Å². The first-order valence-corrected chi connectivity index (χ1v) is 11.6. The summed E-state index contributed by atoms with van der Waals surface area (Å²) in [7, 11) is -3.83. The standard InChI is InChI=1S/C18H18BrN3O4S2/c1-12-2-5-15(20-17(23)11-22-8-9-27-18(22)24)10-16(12)28(25,26)21-14-6-3-13(19)4-7-14/h2-7,10,21H,8-9,11H2,1H3,(H,20,23). The molecule has 0 atom stereocenters. The molecule has 3 rings (SSSR count). The maximum atomic E-state index is 12.8. The number of nitrogens with one attached hydrogen (secondary N) is 2. The lowest BCUT2D eigenvalue weighted by atomic mass is 10.2. The molecule has 0 bridgehead atoms. The lowest BCUT2D eigenvalue weighted by Gasteiger charge is -2.15. The van der Waals surface area contributed by atoms with Gasteiger partial charge in [0.15, 0.2) is 0 Å². The zero-order valence-electron chi connectivity index (χ0n) is 14.9. The van der Waals surface area contributed by atoms with Crippen molar-refractivity contribution in [2.24, 2.45) is 0 Å². The number of carbonyl (C=O) groups excluding carboxylic acids is 2. The van der Waals surface area contributed by atoms with Crippen LogP contribution in [0, 0.1) is 6.92 Å². The molecule has 1 saturated heterocycles. The minimum atomic E-state index is -3.83. The summed E-state index contributed by atoms with van der Waals surface area (Å²) < 4.78 is 28.9. The molecule has 2 aromatic rings. The molecule has 148 valence electrons. The Balaban J connectivity index is 1.75. The lowest BCUT2D eigenvalue weighted by Crippen LogP contribution is -2.33. The number of hydrogen-bond acceptors (Lipinski definition) is 5. The molecule has 28 heavy (non-hydrogen) atoms. The minimum absolute atomic E-state index is 0.0566. The molecule has 7 nitrogen and oxygen atoms in total. The zero-order chi connectivity index (χ0) is 20.3. The van der Waals surface area contributed by atoms with Gasteiger partial charge in [-0.2, -0.15) is 0 Å². The Kier molecular flexibility index (Phi) is 6.31. The first-order chi connectivity index (χ1) is 13.2. The van der Waals surface area contributed by atoms with Crippen molar-refractivity contribution in [3.63, 3.8) is 0 Å². The highest BCUT2D eigenvalue weighted by molar-refractivity contribution is 9.10. The molecule has 1 aliphatic rings. The first-order valence-electron chi connectivity index (χ1n) is 8.35. The van der Waals surface area contributed by atoms with Crippen LogP contribution < -0.4 is 10.0 Å². The molecule has 0 saturated carbocycles. The van der Waals surface area contributed by atoms with E-state index in [0.717, 1.165) is 4.47 Å². The summed E-state index contributed by atoms with van der Waals surface area (Å²) in [4.78, 5) is 25.3. The maximum Gasteiger partial charge on any atom is 0.282 e. The Morgan fingerprint density at radius 2 is 1.86 bits per heavy atom. The van der Waals surface area contributed by atoms with Crippen LogP contribution in [0.5, 0.6) is 0 Å². The van der Waals surface area contributed by atoms with Crippen molar-refractivity contribution in [1.82, 2.24) is 4.90 Å². The fraction of sp³-hybridized carbons (Fsp3) is 0.222. The van der Waals surface area contributed by atoms with Crippen molar-refractivity contribution in [2.75, 3.05) is 28.9 Å². The van der Waals surface area contributed by atoms with Crippen molar-refractivity contribution in [2.45, 2.75) is 11.8 Å². The maximum absolute atomic E-state index is 12.8. The van der Waals surface area contributed by atoms with Crippen LogP contribution >= 0.6 is 27.7 Å². The largest absolute Gasteiger partial charge is 0.325 e. The Bertz CT molecular complexity index is 1010. The van der Waals surface area contributed by atoms with E-state index in [0.29, 0.717) is 29.2 Å². The highest BCUT2D eigenvalue weighted by Gasteiger charge is 2.24. The molecule has 0 aromatic heterocycles. The highest BCUT2D eigenvalue weighted by Crippen LogP contribution is 2.24. The van der Waals surface area contributed by atoms with Crippen molar-refractivity contribution >= 4 is 60.2 Å². The van der Waals surface area contributed by atoms with E-state index < -0.39 is 10.0 Å². The van der Waals surface area contributed by atoms with Gasteiger partial charge in [0.1, 0.15) is 6.54 Å². The van der Waals surface area contributed by atoms with Crippen LogP contribution in [-0.4, -0.2) is 43.3 Å². The number of hydrogen-bond donors (Lipinski definition) is 2. The summed E-state index contributed by atoms with van der Waals surface area (Å²) in [6.45, 7) is 2.16. The van der Waals surface area contributed by atoms with Gasteiger partial charge in [-0.3, -0.25) is 14.3 Å². The number of sulfonamides is 1. The highest BCUT2D eigenvalue weighted by atomic mass is 79.9. The molecule has 2 N–H and O–H groups in total.